The molecule has 0 aromatic carbocycles. The monoisotopic (exact) mass is 367 g/mol. The first-order chi connectivity index (χ1) is 12.5. The maximum absolute atomic E-state index is 11.9. The maximum Gasteiger partial charge on any atom is 0.326 e. The molecular weight excluding hydrogens is 326 g/mol. The number of allylic oxidation sites excluding steroid dienone is 2. The predicted molar refractivity (Wildman–Crippen MR) is 109 cm³/mol. The molecule has 0 aliphatic rings. The van der Waals surface area contributed by atoms with E-state index in [1.165, 1.54) is 62.7 Å². The fourth-order valence-electron chi connectivity index (χ4n) is 2.90. The standard InChI is InChI=1S/C22H41NO3/c1-4-5-6-7-8-9-10-11-12-13-14-15-16-17-18-19-21(24)23(3)20(2)22(25)26/h11-12,20H,4-10,13-19H2,1-3H3,(H,25,26)/b12-11-/t20-/m0/s1. The predicted octanol–water partition coefficient (Wildman–Crippen LogP) is 5.96. The van der Waals surface area contributed by atoms with Gasteiger partial charge in [-0.2, -0.15) is 0 Å². The van der Waals surface area contributed by atoms with Gasteiger partial charge in [0.1, 0.15) is 6.04 Å². The molecule has 0 unspecified atom stereocenters. The number of carboxylic acid groups (broad SMARTS) is 1. The zero-order chi connectivity index (χ0) is 19.6. The van der Waals surface area contributed by atoms with Crippen LogP contribution in [0.4, 0.5) is 0 Å². The van der Waals surface area contributed by atoms with Gasteiger partial charge in [-0.05, 0) is 39.0 Å². The summed E-state index contributed by atoms with van der Waals surface area (Å²) in [6.45, 7) is 3.80. The van der Waals surface area contributed by atoms with Gasteiger partial charge in [0.2, 0.25) is 5.91 Å². The molecule has 1 atom stereocenters. The average molecular weight is 368 g/mol. The second-order valence-electron chi connectivity index (χ2n) is 7.35. The summed E-state index contributed by atoms with van der Waals surface area (Å²) in [5.74, 6) is -1.03. The Hall–Kier alpha value is -1.32. The molecule has 0 aromatic heterocycles. The highest BCUT2D eigenvalue weighted by Gasteiger charge is 2.20. The smallest absolute Gasteiger partial charge is 0.326 e. The summed E-state index contributed by atoms with van der Waals surface area (Å²) in [6, 6.07) is -0.745. The van der Waals surface area contributed by atoms with Crippen molar-refractivity contribution in [3.8, 4) is 0 Å². The van der Waals surface area contributed by atoms with Crippen LogP contribution in [0.1, 0.15) is 104 Å². The number of carbonyl (C=O) groups excluding carboxylic acids is 1. The lowest BCUT2D eigenvalue weighted by Gasteiger charge is -2.21. The molecule has 0 bridgehead atoms. The van der Waals surface area contributed by atoms with Crippen LogP contribution in [0.5, 0.6) is 0 Å². The minimum Gasteiger partial charge on any atom is -0.480 e. The Morgan fingerprint density at radius 2 is 1.31 bits per heavy atom. The SMILES string of the molecule is CCCCCCCC/C=C\CCCCCCCC(=O)N(C)[C@@H](C)C(=O)O. The van der Waals surface area contributed by atoms with Crippen molar-refractivity contribution in [1.82, 2.24) is 4.90 Å². The summed E-state index contributed by atoms with van der Waals surface area (Å²) in [6.07, 6.45) is 21.1. The van der Waals surface area contributed by atoms with Crippen molar-refractivity contribution < 1.29 is 14.7 Å². The van der Waals surface area contributed by atoms with E-state index in [1.807, 2.05) is 0 Å². The second-order valence-corrected chi connectivity index (χ2v) is 7.35. The Morgan fingerprint density at radius 1 is 0.846 bits per heavy atom. The van der Waals surface area contributed by atoms with Gasteiger partial charge >= 0.3 is 5.97 Å². The lowest BCUT2D eigenvalue weighted by Crippen LogP contribution is -2.40. The minimum atomic E-state index is -0.953. The van der Waals surface area contributed by atoms with Crippen LogP contribution < -0.4 is 0 Å². The number of likely N-dealkylation sites (N-methyl/N-ethyl adjacent to an activating group) is 1. The van der Waals surface area contributed by atoms with Gasteiger partial charge in [-0.25, -0.2) is 4.79 Å². The lowest BCUT2D eigenvalue weighted by molar-refractivity contribution is -0.148. The highest BCUT2D eigenvalue weighted by atomic mass is 16.4. The van der Waals surface area contributed by atoms with Crippen LogP contribution in [0, 0.1) is 0 Å². The average Bonchev–Trinajstić information content (AvgIpc) is 2.63. The number of hydrogen-bond acceptors (Lipinski definition) is 2. The molecule has 0 aromatic rings. The first-order valence-electron chi connectivity index (χ1n) is 10.6. The third-order valence-electron chi connectivity index (χ3n) is 4.98. The summed E-state index contributed by atoms with van der Waals surface area (Å²) < 4.78 is 0. The number of carboxylic acids is 1. The Bertz CT molecular complexity index is 393. The van der Waals surface area contributed by atoms with Crippen molar-refractivity contribution in [2.75, 3.05) is 7.05 Å². The fourth-order valence-corrected chi connectivity index (χ4v) is 2.90. The highest BCUT2D eigenvalue weighted by molar-refractivity contribution is 5.83. The molecule has 152 valence electrons. The molecule has 0 rings (SSSR count). The van der Waals surface area contributed by atoms with Gasteiger partial charge in [-0.1, -0.05) is 70.4 Å². The van der Waals surface area contributed by atoms with Gasteiger partial charge in [0.25, 0.3) is 0 Å². The Morgan fingerprint density at radius 3 is 1.81 bits per heavy atom. The van der Waals surface area contributed by atoms with Crippen molar-refractivity contribution in [3.05, 3.63) is 12.2 Å². The van der Waals surface area contributed by atoms with Gasteiger partial charge < -0.3 is 10.0 Å². The Labute approximate surface area is 161 Å². The van der Waals surface area contributed by atoms with Crippen LogP contribution in [0.15, 0.2) is 12.2 Å². The molecule has 1 amide bonds. The molecule has 4 heteroatoms. The fraction of sp³-hybridized carbons (Fsp3) is 0.818. The van der Waals surface area contributed by atoms with Crippen LogP contribution in [-0.2, 0) is 9.59 Å². The molecule has 0 aliphatic heterocycles. The highest BCUT2D eigenvalue weighted by Crippen LogP contribution is 2.11. The van der Waals surface area contributed by atoms with Crippen molar-refractivity contribution in [2.45, 2.75) is 110 Å². The van der Waals surface area contributed by atoms with E-state index < -0.39 is 12.0 Å². The molecule has 0 saturated carbocycles. The maximum atomic E-state index is 11.9. The quantitative estimate of drug-likeness (QED) is 0.255. The van der Waals surface area contributed by atoms with Gasteiger partial charge in [-0.15, -0.1) is 0 Å². The topological polar surface area (TPSA) is 57.6 Å². The van der Waals surface area contributed by atoms with E-state index in [9.17, 15) is 9.59 Å². The van der Waals surface area contributed by atoms with Gasteiger partial charge in [-0.3, -0.25) is 4.79 Å². The minimum absolute atomic E-state index is 0.0717. The molecule has 0 fully saturated rings. The van der Waals surface area contributed by atoms with Crippen molar-refractivity contribution in [3.63, 3.8) is 0 Å². The first kappa shape index (κ1) is 24.7. The number of aliphatic carboxylic acids is 1. The summed E-state index contributed by atoms with van der Waals surface area (Å²) >= 11 is 0. The zero-order valence-corrected chi connectivity index (χ0v) is 17.3. The molecule has 0 aliphatic carbocycles. The molecule has 0 saturated heterocycles. The van der Waals surface area contributed by atoms with E-state index in [4.69, 9.17) is 5.11 Å². The van der Waals surface area contributed by atoms with E-state index in [1.54, 1.807) is 14.0 Å². The normalized spacial score (nSPS) is 12.4. The summed E-state index contributed by atoms with van der Waals surface area (Å²) in [5.41, 5.74) is 0. The molecule has 26 heavy (non-hydrogen) atoms. The summed E-state index contributed by atoms with van der Waals surface area (Å²) in [5, 5.41) is 8.91. The van der Waals surface area contributed by atoms with Crippen LogP contribution in [0.25, 0.3) is 0 Å². The van der Waals surface area contributed by atoms with Crippen LogP contribution in [0.3, 0.4) is 0 Å². The number of unbranched alkanes of at least 4 members (excludes halogenated alkanes) is 11. The van der Waals surface area contributed by atoms with Crippen LogP contribution in [-0.4, -0.2) is 35.0 Å². The second kappa shape index (κ2) is 17.1. The van der Waals surface area contributed by atoms with Crippen molar-refractivity contribution in [2.24, 2.45) is 0 Å². The van der Waals surface area contributed by atoms with Crippen LogP contribution >= 0.6 is 0 Å². The summed E-state index contributed by atoms with van der Waals surface area (Å²) in [7, 11) is 1.57. The number of nitrogens with zero attached hydrogens (tertiary/aromatic N) is 1. The number of rotatable bonds is 17. The van der Waals surface area contributed by atoms with E-state index in [2.05, 4.69) is 19.1 Å². The summed E-state index contributed by atoms with van der Waals surface area (Å²) in [4.78, 5) is 24.1. The molecule has 1 N–H and O–H groups in total. The third-order valence-corrected chi connectivity index (χ3v) is 4.98. The number of hydrogen-bond donors (Lipinski definition) is 1. The van der Waals surface area contributed by atoms with E-state index in [-0.39, 0.29) is 5.91 Å². The van der Waals surface area contributed by atoms with E-state index in [0.717, 1.165) is 25.7 Å². The number of carbonyl (C=O) groups is 2. The van der Waals surface area contributed by atoms with Crippen molar-refractivity contribution >= 4 is 11.9 Å². The third kappa shape index (κ3) is 13.9. The Kier molecular flexibility index (Phi) is 16.2. The number of amides is 1. The van der Waals surface area contributed by atoms with E-state index in [0.29, 0.717) is 6.42 Å². The zero-order valence-electron chi connectivity index (χ0n) is 17.3. The van der Waals surface area contributed by atoms with Crippen molar-refractivity contribution in [1.29, 1.82) is 0 Å². The lowest BCUT2D eigenvalue weighted by atomic mass is 10.1. The van der Waals surface area contributed by atoms with E-state index >= 15 is 0 Å². The van der Waals surface area contributed by atoms with Gasteiger partial charge in [0.15, 0.2) is 0 Å². The molecule has 0 heterocycles. The first-order valence-corrected chi connectivity index (χ1v) is 10.6. The van der Waals surface area contributed by atoms with Gasteiger partial charge in [0, 0.05) is 13.5 Å². The molecule has 4 nitrogen and oxygen atoms in total. The molecular formula is C22H41NO3. The van der Waals surface area contributed by atoms with Crippen LogP contribution in [0.2, 0.25) is 0 Å². The largest absolute Gasteiger partial charge is 0.480 e. The Balaban J connectivity index is 3.42. The molecule has 0 spiro atoms. The molecule has 0 radical (unpaired) electrons. The van der Waals surface area contributed by atoms with Gasteiger partial charge in [0.05, 0.1) is 0 Å².